The van der Waals surface area contributed by atoms with Crippen LogP contribution in [0.15, 0.2) is 59.4 Å². The van der Waals surface area contributed by atoms with Gasteiger partial charge in [0, 0.05) is 11.6 Å². The van der Waals surface area contributed by atoms with Crippen molar-refractivity contribution in [2.45, 2.75) is 13.0 Å². The molecule has 0 spiro atoms. The van der Waals surface area contributed by atoms with Crippen molar-refractivity contribution in [1.29, 1.82) is 0 Å². The summed E-state index contributed by atoms with van der Waals surface area (Å²) in [5.41, 5.74) is 1.33. The lowest BCUT2D eigenvalue weighted by molar-refractivity contribution is 0.189. The lowest BCUT2D eigenvalue weighted by Crippen LogP contribution is -2.12. The van der Waals surface area contributed by atoms with Gasteiger partial charge in [-0.2, -0.15) is 4.98 Å². The second-order valence-electron chi connectivity index (χ2n) is 5.44. The van der Waals surface area contributed by atoms with E-state index in [0.29, 0.717) is 17.3 Å². The second kappa shape index (κ2) is 6.27. The van der Waals surface area contributed by atoms with Crippen LogP contribution in [-0.4, -0.2) is 20.1 Å². The Balaban J connectivity index is 1.73. The third-order valence-corrected chi connectivity index (χ3v) is 3.61. The quantitative estimate of drug-likeness (QED) is 0.566. The Morgan fingerprint density at radius 2 is 2.04 bits per heavy atom. The highest BCUT2D eigenvalue weighted by atomic mass is 19.1. The molecular weight excluding hydrogens is 323 g/mol. The van der Waals surface area contributed by atoms with Crippen molar-refractivity contribution in [3.05, 3.63) is 78.1 Å². The van der Waals surface area contributed by atoms with E-state index in [0.717, 1.165) is 17.1 Å². The number of pyridine rings is 2. The van der Waals surface area contributed by atoms with Gasteiger partial charge in [-0.3, -0.25) is 9.97 Å². The summed E-state index contributed by atoms with van der Waals surface area (Å²) in [7, 11) is 0. The highest BCUT2D eigenvalue weighted by Gasteiger charge is 2.24. The molecule has 1 aromatic carbocycles. The molecule has 124 valence electrons. The number of fused-ring (bicyclic) bond motifs is 1. The highest BCUT2D eigenvalue weighted by molar-refractivity contribution is 5.79. The molecule has 0 N–H and O–H groups in total. The summed E-state index contributed by atoms with van der Waals surface area (Å²) in [6.45, 7) is 1.71. The van der Waals surface area contributed by atoms with Gasteiger partial charge in [-0.25, -0.2) is 4.39 Å². The SMILES string of the molecule is Cc1noc(C(Oc2ccc3ncccc3c2)c2ccc(F)cn2)n1. The third-order valence-electron chi connectivity index (χ3n) is 3.61. The van der Waals surface area contributed by atoms with Gasteiger partial charge in [-0.15, -0.1) is 0 Å². The summed E-state index contributed by atoms with van der Waals surface area (Å²) in [5.74, 6) is 0.893. The maximum absolute atomic E-state index is 13.2. The second-order valence-corrected chi connectivity index (χ2v) is 5.44. The number of aromatic nitrogens is 4. The monoisotopic (exact) mass is 336 g/mol. The predicted octanol–water partition coefficient (Wildman–Crippen LogP) is 3.63. The predicted molar refractivity (Wildman–Crippen MR) is 87.4 cm³/mol. The Morgan fingerprint density at radius 3 is 2.80 bits per heavy atom. The third kappa shape index (κ3) is 3.16. The van der Waals surface area contributed by atoms with Gasteiger partial charge in [0.2, 0.25) is 6.10 Å². The Morgan fingerprint density at radius 1 is 1.12 bits per heavy atom. The molecule has 1 unspecified atom stereocenters. The number of hydrogen-bond acceptors (Lipinski definition) is 6. The van der Waals surface area contributed by atoms with Crippen LogP contribution in [0.3, 0.4) is 0 Å². The molecule has 6 nitrogen and oxygen atoms in total. The number of halogens is 1. The molecule has 3 aromatic heterocycles. The van der Waals surface area contributed by atoms with Gasteiger partial charge >= 0.3 is 0 Å². The molecule has 0 saturated heterocycles. The largest absolute Gasteiger partial charge is 0.474 e. The standard InChI is InChI=1S/C18H13FN4O2/c1-11-22-18(25-23-11)17(16-6-4-13(19)10-21-16)24-14-5-7-15-12(9-14)3-2-8-20-15/h2-10,17H,1H3. The molecule has 7 heteroatoms. The molecule has 0 aliphatic heterocycles. The molecule has 0 amide bonds. The highest BCUT2D eigenvalue weighted by Crippen LogP contribution is 2.28. The summed E-state index contributed by atoms with van der Waals surface area (Å²) >= 11 is 0. The van der Waals surface area contributed by atoms with Crippen molar-refractivity contribution in [2.75, 3.05) is 0 Å². The molecule has 1 atom stereocenters. The van der Waals surface area contributed by atoms with Crippen molar-refractivity contribution < 1.29 is 13.7 Å². The lowest BCUT2D eigenvalue weighted by atomic mass is 10.2. The zero-order chi connectivity index (χ0) is 17.2. The van der Waals surface area contributed by atoms with Crippen LogP contribution in [0.4, 0.5) is 4.39 Å². The maximum Gasteiger partial charge on any atom is 0.274 e. The number of nitrogens with zero attached hydrogens (tertiary/aromatic N) is 4. The molecular formula is C18H13FN4O2. The number of rotatable bonds is 4. The molecule has 4 aromatic rings. The van der Waals surface area contributed by atoms with E-state index in [2.05, 4.69) is 20.1 Å². The molecule has 0 aliphatic carbocycles. The molecule has 0 fully saturated rings. The van der Waals surface area contributed by atoms with E-state index in [1.807, 2.05) is 24.3 Å². The van der Waals surface area contributed by atoms with Crippen LogP contribution in [0.1, 0.15) is 23.5 Å². The minimum Gasteiger partial charge on any atom is -0.474 e. The van der Waals surface area contributed by atoms with Crippen molar-refractivity contribution in [2.24, 2.45) is 0 Å². The fourth-order valence-corrected chi connectivity index (χ4v) is 2.46. The molecule has 0 bridgehead atoms. The molecule has 25 heavy (non-hydrogen) atoms. The summed E-state index contributed by atoms with van der Waals surface area (Å²) in [6.07, 6.45) is 2.12. The fourth-order valence-electron chi connectivity index (χ4n) is 2.46. The minimum absolute atomic E-state index is 0.253. The fraction of sp³-hybridized carbons (Fsp3) is 0.111. The Kier molecular flexibility index (Phi) is 3.81. The topological polar surface area (TPSA) is 73.9 Å². The van der Waals surface area contributed by atoms with E-state index >= 15 is 0 Å². The first-order chi connectivity index (χ1) is 12.2. The number of aryl methyl sites for hydroxylation is 1. The van der Waals surface area contributed by atoms with Crippen molar-refractivity contribution in [3.63, 3.8) is 0 Å². The molecule has 0 radical (unpaired) electrons. The van der Waals surface area contributed by atoms with Crippen LogP contribution in [0.5, 0.6) is 5.75 Å². The Labute approximate surface area is 142 Å². The van der Waals surface area contributed by atoms with Gasteiger partial charge < -0.3 is 9.26 Å². The summed E-state index contributed by atoms with van der Waals surface area (Å²) in [6, 6.07) is 12.2. The van der Waals surface area contributed by atoms with E-state index in [-0.39, 0.29) is 5.89 Å². The van der Waals surface area contributed by atoms with Gasteiger partial charge in [0.15, 0.2) is 5.82 Å². The molecule has 0 saturated carbocycles. The zero-order valence-electron chi connectivity index (χ0n) is 13.3. The van der Waals surface area contributed by atoms with Crippen molar-refractivity contribution in [3.8, 4) is 5.75 Å². The number of benzene rings is 1. The number of hydrogen-bond donors (Lipinski definition) is 0. The van der Waals surface area contributed by atoms with Crippen LogP contribution in [0.25, 0.3) is 10.9 Å². The van der Waals surface area contributed by atoms with Crippen LogP contribution < -0.4 is 4.74 Å². The van der Waals surface area contributed by atoms with Crippen LogP contribution in [-0.2, 0) is 0 Å². The van der Waals surface area contributed by atoms with Crippen molar-refractivity contribution in [1.82, 2.24) is 20.1 Å². The van der Waals surface area contributed by atoms with Gasteiger partial charge in [0.05, 0.1) is 17.4 Å². The lowest BCUT2D eigenvalue weighted by Gasteiger charge is -2.15. The van der Waals surface area contributed by atoms with Gasteiger partial charge in [0.1, 0.15) is 11.6 Å². The maximum atomic E-state index is 13.2. The van der Waals surface area contributed by atoms with E-state index in [1.165, 1.54) is 12.1 Å². The first-order valence-electron chi connectivity index (χ1n) is 7.62. The summed E-state index contributed by atoms with van der Waals surface area (Å²) in [4.78, 5) is 12.6. The van der Waals surface area contributed by atoms with E-state index in [4.69, 9.17) is 9.26 Å². The van der Waals surface area contributed by atoms with E-state index in [9.17, 15) is 4.39 Å². The number of ether oxygens (including phenoxy) is 1. The smallest absolute Gasteiger partial charge is 0.274 e. The zero-order valence-corrected chi connectivity index (χ0v) is 13.3. The van der Waals surface area contributed by atoms with Crippen LogP contribution in [0, 0.1) is 12.7 Å². The Hall–Kier alpha value is -3.35. The average Bonchev–Trinajstić information content (AvgIpc) is 3.06. The van der Waals surface area contributed by atoms with Crippen LogP contribution >= 0.6 is 0 Å². The first-order valence-corrected chi connectivity index (χ1v) is 7.62. The van der Waals surface area contributed by atoms with E-state index < -0.39 is 11.9 Å². The van der Waals surface area contributed by atoms with Crippen LogP contribution in [0.2, 0.25) is 0 Å². The van der Waals surface area contributed by atoms with E-state index in [1.54, 1.807) is 19.2 Å². The normalized spacial score (nSPS) is 12.2. The minimum atomic E-state index is -0.740. The first kappa shape index (κ1) is 15.2. The average molecular weight is 336 g/mol. The molecule has 3 heterocycles. The van der Waals surface area contributed by atoms with Gasteiger partial charge in [-0.1, -0.05) is 11.2 Å². The Bertz CT molecular complexity index is 1020. The molecule has 4 rings (SSSR count). The summed E-state index contributed by atoms with van der Waals surface area (Å²) < 4.78 is 24.5. The summed E-state index contributed by atoms with van der Waals surface area (Å²) in [5, 5.41) is 4.73. The van der Waals surface area contributed by atoms with Gasteiger partial charge in [-0.05, 0) is 43.3 Å². The molecule has 0 aliphatic rings. The van der Waals surface area contributed by atoms with Gasteiger partial charge in [0.25, 0.3) is 5.89 Å². The van der Waals surface area contributed by atoms with Crippen molar-refractivity contribution >= 4 is 10.9 Å².